The van der Waals surface area contributed by atoms with E-state index in [-0.39, 0.29) is 6.10 Å². The summed E-state index contributed by atoms with van der Waals surface area (Å²) in [4.78, 5) is 0. The molecule has 10 nitrogen and oxygen atoms in total. The Kier molecular flexibility index (Phi) is 10.3. The summed E-state index contributed by atoms with van der Waals surface area (Å²) in [5.74, 6) is 0. The minimum Gasteiger partial charge on any atom is -0.416 e. The van der Waals surface area contributed by atoms with Crippen LogP contribution < -0.4 is 0 Å². The van der Waals surface area contributed by atoms with Crippen LogP contribution in [-0.2, 0) is 43.0 Å². The van der Waals surface area contributed by atoms with E-state index in [1.165, 1.54) is 0 Å². The summed E-state index contributed by atoms with van der Waals surface area (Å²) in [5.41, 5.74) is 0. The topological polar surface area (TPSA) is 95.6 Å². The highest BCUT2D eigenvalue weighted by molar-refractivity contribution is 7.31. The lowest BCUT2D eigenvalue weighted by atomic mass is 10.5. The van der Waals surface area contributed by atoms with Gasteiger partial charge in [0, 0.05) is 21.3 Å². The maximum absolute atomic E-state index is 7.02. The minimum absolute atomic E-state index is 0.0812. The molecule has 2 fully saturated rings. The van der Waals surface area contributed by atoms with Crippen molar-refractivity contribution in [2.75, 3.05) is 34.5 Å². The molecule has 2 aliphatic rings. The maximum atomic E-state index is 7.02. The first-order chi connectivity index (χ1) is 14.8. The van der Waals surface area contributed by atoms with Crippen LogP contribution in [0.2, 0.25) is 44.8 Å². The Labute approximate surface area is 200 Å². The average Bonchev–Trinajstić information content (AvgIpc) is 3.50. The molecule has 0 amide bonds. The smallest absolute Gasteiger partial charge is 0.416 e. The Bertz CT molecular complexity index is 600. The van der Waals surface area contributed by atoms with Crippen LogP contribution in [0.4, 0.5) is 0 Å². The van der Waals surface area contributed by atoms with Crippen molar-refractivity contribution in [2.24, 2.45) is 0 Å². The molecule has 2 rings (SSSR count). The molecule has 0 saturated carbocycles. The second-order valence-corrected chi connectivity index (χ2v) is 31.4. The molecule has 4 atom stereocenters. The van der Waals surface area contributed by atoms with Crippen LogP contribution in [0.25, 0.3) is 0 Å². The second kappa shape index (κ2) is 11.3. The molecule has 16 heteroatoms. The molecule has 190 valence electrons. The van der Waals surface area contributed by atoms with Crippen molar-refractivity contribution in [2.45, 2.75) is 71.2 Å². The number of hydrogen-bond donors (Lipinski definition) is 0. The van der Waals surface area contributed by atoms with Crippen LogP contribution in [0, 0.1) is 0 Å². The predicted molar refractivity (Wildman–Crippen MR) is 133 cm³/mol. The normalized spacial score (nSPS) is 35.4. The molecule has 0 radical (unpaired) electrons. The molecule has 0 N–H and O–H groups in total. The summed E-state index contributed by atoms with van der Waals surface area (Å²) in [6, 6.07) is 1.34. The lowest BCUT2D eigenvalue weighted by molar-refractivity contribution is 0.109. The van der Waals surface area contributed by atoms with E-state index in [0.29, 0.717) is 19.3 Å². The zero-order valence-corrected chi connectivity index (χ0v) is 27.4. The average molecular weight is 563 g/mol. The number of epoxide rings is 1. The Morgan fingerprint density at radius 2 is 1.47 bits per heavy atom. The Morgan fingerprint density at radius 3 is 1.94 bits per heavy atom. The molecule has 4 unspecified atom stereocenters. The van der Waals surface area contributed by atoms with Gasteiger partial charge in [-0.2, -0.15) is 0 Å². The lowest BCUT2D eigenvalue weighted by Gasteiger charge is -2.49. The van der Waals surface area contributed by atoms with Crippen molar-refractivity contribution in [1.82, 2.24) is 0 Å². The molecule has 32 heavy (non-hydrogen) atoms. The number of hydrogen-bond acceptors (Lipinski definition) is 10. The van der Waals surface area contributed by atoms with Gasteiger partial charge in [0.1, 0.15) is 6.10 Å². The second-order valence-electron chi connectivity index (χ2n) is 9.08. The first-order valence-corrected chi connectivity index (χ1v) is 25.5. The van der Waals surface area contributed by atoms with E-state index in [1.807, 2.05) is 26.2 Å². The van der Waals surface area contributed by atoms with E-state index < -0.39 is 51.6 Å². The summed E-state index contributed by atoms with van der Waals surface area (Å²) >= 11 is 0. The van der Waals surface area contributed by atoms with Gasteiger partial charge in [0.05, 0.1) is 13.2 Å². The molecular weight excluding hydrogens is 521 g/mol. The first-order valence-electron chi connectivity index (χ1n) is 11.2. The molecule has 2 saturated heterocycles. The fourth-order valence-corrected chi connectivity index (χ4v) is 37.8. The predicted octanol–water partition coefficient (Wildman–Crippen LogP) is 2.52. The summed E-state index contributed by atoms with van der Waals surface area (Å²) in [5, 5.41) is 0. The molecule has 0 aromatic rings. The fourth-order valence-electron chi connectivity index (χ4n) is 3.97. The van der Waals surface area contributed by atoms with Gasteiger partial charge in [-0.3, -0.25) is 0 Å². The van der Waals surface area contributed by atoms with Crippen molar-refractivity contribution in [3.8, 4) is 0 Å². The molecule has 0 spiro atoms. The molecule has 2 aliphatic heterocycles. The first kappa shape index (κ1) is 29.1. The standard InChI is InChI=1S/C16H42O10Si6/c1-11-13-31(32(17-3,18-4)19-5)23-27(21-15-16-14-20-16)22-28(6,7)24-29(8,9)25-30(10,12-2)26-31/h16,27H,11-15H2,1-10H3. The summed E-state index contributed by atoms with van der Waals surface area (Å²) < 4.78 is 63.1. The molecular formula is C16H42O10Si6. The van der Waals surface area contributed by atoms with Crippen molar-refractivity contribution in [3.05, 3.63) is 0 Å². The molecule has 0 aromatic heterocycles. The van der Waals surface area contributed by atoms with Crippen LogP contribution in [0.5, 0.6) is 0 Å². The Morgan fingerprint density at radius 1 is 0.875 bits per heavy atom. The van der Waals surface area contributed by atoms with Gasteiger partial charge in [-0.05, 0) is 44.8 Å². The van der Waals surface area contributed by atoms with Crippen molar-refractivity contribution >= 4 is 51.6 Å². The van der Waals surface area contributed by atoms with Gasteiger partial charge in [-0.1, -0.05) is 20.3 Å². The summed E-state index contributed by atoms with van der Waals surface area (Å²) in [6.07, 6.45) is 0.883. The highest BCUT2D eigenvalue weighted by atomic mass is 29.3. The Balaban J connectivity index is 2.60. The number of ether oxygens (including phenoxy) is 1. The van der Waals surface area contributed by atoms with Gasteiger partial charge >= 0.3 is 51.6 Å². The van der Waals surface area contributed by atoms with Gasteiger partial charge in [-0.15, -0.1) is 0 Å². The van der Waals surface area contributed by atoms with Gasteiger partial charge in [0.2, 0.25) is 0 Å². The third-order valence-corrected chi connectivity index (χ3v) is 34.1. The Hall–Kier alpha value is 0.901. The van der Waals surface area contributed by atoms with E-state index in [9.17, 15) is 0 Å². The highest BCUT2D eigenvalue weighted by Gasteiger charge is 2.70. The zero-order valence-electron chi connectivity index (χ0n) is 21.3. The monoisotopic (exact) mass is 562 g/mol. The van der Waals surface area contributed by atoms with Gasteiger partial charge in [0.15, 0.2) is 0 Å². The third-order valence-electron chi connectivity index (χ3n) is 5.32. The van der Waals surface area contributed by atoms with E-state index in [4.69, 9.17) is 43.0 Å². The summed E-state index contributed by atoms with van der Waals surface area (Å²) in [6.45, 7) is 15.5. The van der Waals surface area contributed by atoms with Crippen molar-refractivity contribution in [1.29, 1.82) is 0 Å². The van der Waals surface area contributed by atoms with Gasteiger partial charge in [0.25, 0.3) is 0 Å². The molecule has 0 aromatic carbocycles. The van der Waals surface area contributed by atoms with Crippen molar-refractivity contribution in [3.63, 3.8) is 0 Å². The van der Waals surface area contributed by atoms with Gasteiger partial charge < -0.3 is 43.0 Å². The van der Waals surface area contributed by atoms with Crippen LogP contribution >= 0.6 is 0 Å². The van der Waals surface area contributed by atoms with E-state index >= 15 is 0 Å². The lowest BCUT2D eigenvalue weighted by Crippen LogP contribution is -2.76. The van der Waals surface area contributed by atoms with Crippen LogP contribution in [0.15, 0.2) is 0 Å². The van der Waals surface area contributed by atoms with Gasteiger partial charge in [-0.25, -0.2) is 0 Å². The van der Waals surface area contributed by atoms with Crippen LogP contribution in [-0.4, -0.2) is 92.3 Å². The largest absolute Gasteiger partial charge is 0.536 e. The van der Waals surface area contributed by atoms with E-state index in [1.54, 1.807) is 21.3 Å². The van der Waals surface area contributed by atoms with E-state index in [2.05, 4.69) is 20.4 Å². The zero-order chi connectivity index (χ0) is 24.3. The minimum atomic E-state index is -3.38. The highest BCUT2D eigenvalue weighted by Crippen LogP contribution is 2.37. The molecule has 0 bridgehead atoms. The SMILES string of the molecule is CCC[Si]1([Si](OC)(OC)OC)O[SiH](OCC2CO2)O[Si](C)(C)O[Si](C)(C)O[Si](C)(CC)O1. The van der Waals surface area contributed by atoms with Crippen molar-refractivity contribution < 1.29 is 43.0 Å². The quantitative estimate of drug-likeness (QED) is 0.292. The number of rotatable bonds is 10. The fraction of sp³-hybridized carbons (Fsp3) is 1.00. The van der Waals surface area contributed by atoms with Crippen LogP contribution in [0.1, 0.15) is 20.3 Å². The molecule has 2 heterocycles. The third kappa shape index (κ3) is 7.21. The summed E-state index contributed by atoms with van der Waals surface area (Å²) in [7, 11) is -12.6. The molecule has 0 aliphatic carbocycles. The van der Waals surface area contributed by atoms with E-state index in [0.717, 1.165) is 12.5 Å². The van der Waals surface area contributed by atoms with Crippen LogP contribution in [0.3, 0.4) is 0 Å². The maximum Gasteiger partial charge on any atom is 0.536 e.